The second-order valence-corrected chi connectivity index (χ2v) is 5.60. The Bertz CT molecular complexity index is 443. The third-order valence-electron chi connectivity index (χ3n) is 4.19. The Morgan fingerprint density at radius 1 is 1.25 bits per heavy atom. The number of rotatable bonds is 5. The second kappa shape index (κ2) is 6.37. The monoisotopic (exact) mass is 274 g/mol. The van der Waals surface area contributed by atoms with Crippen molar-refractivity contribution in [2.75, 3.05) is 39.4 Å². The van der Waals surface area contributed by atoms with Crippen LogP contribution in [0.1, 0.15) is 17.9 Å². The summed E-state index contributed by atoms with van der Waals surface area (Å²) in [5.74, 6) is 0.828. The van der Waals surface area contributed by atoms with Gasteiger partial charge in [0, 0.05) is 32.1 Å². The maximum absolute atomic E-state index is 12.1. The zero-order valence-electron chi connectivity index (χ0n) is 11.8. The van der Waals surface area contributed by atoms with E-state index in [1.807, 2.05) is 18.2 Å². The first-order chi connectivity index (χ1) is 9.84. The molecule has 1 aromatic carbocycles. The summed E-state index contributed by atoms with van der Waals surface area (Å²) in [6.07, 6.45) is 0.993. The lowest BCUT2D eigenvalue weighted by Gasteiger charge is -2.26. The number of ether oxygens (including phenoxy) is 1. The molecule has 1 heterocycles. The van der Waals surface area contributed by atoms with Crippen molar-refractivity contribution in [2.24, 2.45) is 5.92 Å². The molecule has 0 radical (unpaired) electrons. The van der Waals surface area contributed by atoms with Crippen molar-refractivity contribution >= 4 is 5.91 Å². The third-order valence-corrected chi connectivity index (χ3v) is 4.19. The van der Waals surface area contributed by atoms with Gasteiger partial charge in [-0.25, -0.2) is 0 Å². The molecule has 2 aliphatic rings. The molecule has 1 amide bonds. The van der Waals surface area contributed by atoms with E-state index in [-0.39, 0.29) is 11.8 Å². The van der Waals surface area contributed by atoms with Gasteiger partial charge in [-0.1, -0.05) is 30.3 Å². The summed E-state index contributed by atoms with van der Waals surface area (Å²) in [5, 5.41) is 3.07. The van der Waals surface area contributed by atoms with Gasteiger partial charge in [0.1, 0.15) is 0 Å². The van der Waals surface area contributed by atoms with Crippen LogP contribution >= 0.6 is 0 Å². The number of carbonyl (C=O) groups is 1. The van der Waals surface area contributed by atoms with Crippen LogP contribution in [-0.2, 0) is 9.53 Å². The normalized spacial score (nSPS) is 26.2. The smallest absolute Gasteiger partial charge is 0.223 e. The van der Waals surface area contributed by atoms with E-state index in [0.29, 0.717) is 5.92 Å². The SMILES string of the molecule is O=C(NCCN1CCOCC1)[C@@H]1C[C@H]1c1ccccc1. The van der Waals surface area contributed by atoms with Gasteiger partial charge in [-0.3, -0.25) is 9.69 Å². The molecule has 4 heteroatoms. The summed E-state index contributed by atoms with van der Waals surface area (Å²) in [6, 6.07) is 10.3. The molecule has 3 rings (SSSR count). The number of hydrogen-bond acceptors (Lipinski definition) is 3. The minimum Gasteiger partial charge on any atom is -0.379 e. The number of nitrogens with zero attached hydrogens (tertiary/aromatic N) is 1. The van der Waals surface area contributed by atoms with Crippen LogP contribution in [0.25, 0.3) is 0 Å². The highest BCUT2D eigenvalue weighted by molar-refractivity contribution is 5.82. The van der Waals surface area contributed by atoms with Gasteiger partial charge < -0.3 is 10.1 Å². The highest BCUT2D eigenvalue weighted by Crippen LogP contribution is 2.47. The van der Waals surface area contributed by atoms with Crippen LogP contribution in [0.4, 0.5) is 0 Å². The molecule has 1 saturated carbocycles. The summed E-state index contributed by atoms with van der Waals surface area (Å²) in [6.45, 7) is 5.26. The summed E-state index contributed by atoms with van der Waals surface area (Å²) >= 11 is 0. The molecule has 108 valence electrons. The van der Waals surface area contributed by atoms with Gasteiger partial charge in [-0.15, -0.1) is 0 Å². The maximum Gasteiger partial charge on any atom is 0.223 e. The Labute approximate surface area is 120 Å². The van der Waals surface area contributed by atoms with Crippen LogP contribution in [0.3, 0.4) is 0 Å². The van der Waals surface area contributed by atoms with Gasteiger partial charge in [0.25, 0.3) is 0 Å². The number of benzene rings is 1. The first kappa shape index (κ1) is 13.6. The van der Waals surface area contributed by atoms with Gasteiger partial charge in [0.05, 0.1) is 13.2 Å². The fourth-order valence-electron chi connectivity index (χ4n) is 2.85. The van der Waals surface area contributed by atoms with E-state index in [0.717, 1.165) is 45.8 Å². The quantitative estimate of drug-likeness (QED) is 0.878. The van der Waals surface area contributed by atoms with Crippen LogP contribution < -0.4 is 5.32 Å². The topological polar surface area (TPSA) is 41.6 Å². The number of hydrogen-bond donors (Lipinski definition) is 1. The van der Waals surface area contributed by atoms with E-state index < -0.39 is 0 Å². The Balaban J connectivity index is 1.38. The van der Waals surface area contributed by atoms with Crippen LogP contribution in [0, 0.1) is 5.92 Å². The fourth-order valence-corrected chi connectivity index (χ4v) is 2.85. The molecule has 2 fully saturated rings. The Kier molecular flexibility index (Phi) is 4.33. The first-order valence-corrected chi connectivity index (χ1v) is 7.47. The van der Waals surface area contributed by atoms with E-state index >= 15 is 0 Å². The van der Waals surface area contributed by atoms with Gasteiger partial charge >= 0.3 is 0 Å². The van der Waals surface area contributed by atoms with Crippen molar-refractivity contribution in [3.8, 4) is 0 Å². The summed E-state index contributed by atoms with van der Waals surface area (Å²) in [5.41, 5.74) is 1.29. The molecule has 0 spiro atoms. The number of amides is 1. The van der Waals surface area contributed by atoms with E-state index in [1.165, 1.54) is 5.56 Å². The second-order valence-electron chi connectivity index (χ2n) is 5.60. The molecule has 1 saturated heterocycles. The average Bonchev–Trinajstić information content (AvgIpc) is 3.30. The van der Waals surface area contributed by atoms with Crippen molar-refractivity contribution in [1.29, 1.82) is 0 Å². The van der Waals surface area contributed by atoms with E-state index in [4.69, 9.17) is 4.74 Å². The predicted octanol–water partition coefficient (Wildman–Crippen LogP) is 1.24. The Hall–Kier alpha value is -1.39. The van der Waals surface area contributed by atoms with Gasteiger partial charge in [0.2, 0.25) is 5.91 Å². The first-order valence-electron chi connectivity index (χ1n) is 7.47. The molecular weight excluding hydrogens is 252 g/mol. The predicted molar refractivity (Wildman–Crippen MR) is 77.6 cm³/mol. The number of nitrogens with one attached hydrogen (secondary N) is 1. The molecule has 0 unspecified atom stereocenters. The Morgan fingerprint density at radius 3 is 2.75 bits per heavy atom. The molecule has 2 atom stereocenters. The molecule has 0 bridgehead atoms. The lowest BCUT2D eigenvalue weighted by atomic mass is 10.1. The highest BCUT2D eigenvalue weighted by atomic mass is 16.5. The van der Waals surface area contributed by atoms with Gasteiger partial charge in [-0.2, -0.15) is 0 Å². The average molecular weight is 274 g/mol. The van der Waals surface area contributed by atoms with Crippen molar-refractivity contribution in [2.45, 2.75) is 12.3 Å². The van der Waals surface area contributed by atoms with E-state index in [2.05, 4.69) is 22.3 Å². The molecule has 20 heavy (non-hydrogen) atoms. The minimum atomic E-state index is 0.182. The van der Waals surface area contributed by atoms with E-state index in [1.54, 1.807) is 0 Å². The molecule has 4 nitrogen and oxygen atoms in total. The van der Waals surface area contributed by atoms with Crippen molar-refractivity contribution in [1.82, 2.24) is 10.2 Å². The summed E-state index contributed by atoms with van der Waals surface area (Å²) in [4.78, 5) is 14.4. The lowest BCUT2D eigenvalue weighted by Crippen LogP contribution is -2.41. The van der Waals surface area contributed by atoms with Crippen LogP contribution in [-0.4, -0.2) is 50.2 Å². The van der Waals surface area contributed by atoms with Crippen LogP contribution in [0.15, 0.2) is 30.3 Å². The molecule has 1 aromatic rings. The number of carbonyl (C=O) groups excluding carboxylic acids is 1. The molecule has 1 N–H and O–H groups in total. The Morgan fingerprint density at radius 2 is 2.00 bits per heavy atom. The zero-order chi connectivity index (χ0) is 13.8. The van der Waals surface area contributed by atoms with Crippen molar-refractivity contribution in [3.63, 3.8) is 0 Å². The van der Waals surface area contributed by atoms with Gasteiger partial charge in [-0.05, 0) is 17.9 Å². The fraction of sp³-hybridized carbons (Fsp3) is 0.562. The standard InChI is InChI=1S/C16H22N2O2/c19-16(17-6-7-18-8-10-20-11-9-18)15-12-14(15)13-4-2-1-3-5-13/h1-5,14-15H,6-12H2,(H,17,19)/t14-,15+/m0/s1. The summed E-state index contributed by atoms with van der Waals surface area (Å²) in [7, 11) is 0. The maximum atomic E-state index is 12.1. The van der Waals surface area contributed by atoms with Crippen LogP contribution in [0.5, 0.6) is 0 Å². The van der Waals surface area contributed by atoms with Gasteiger partial charge in [0.15, 0.2) is 0 Å². The molecular formula is C16H22N2O2. The summed E-state index contributed by atoms with van der Waals surface area (Å²) < 4.78 is 5.31. The largest absolute Gasteiger partial charge is 0.379 e. The van der Waals surface area contributed by atoms with Crippen LogP contribution in [0.2, 0.25) is 0 Å². The highest BCUT2D eigenvalue weighted by Gasteiger charge is 2.43. The molecule has 1 aliphatic heterocycles. The van der Waals surface area contributed by atoms with Crippen molar-refractivity contribution < 1.29 is 9.53 Å². The third kappa shape index (κ3) is 3.38. The minimum absolute atomic E-state index is 0.182. The van der Waals surface area contributed by atoms with Crippen molar-refractivity contribution in [3.05, 3.63) is 35.9 Å². The molecule has 1 aliphatic carbocycles. The molecule has 0 aromatic heterocycles. The zero-order valence-corrected chi connectivity index (χ0v) is 11.8. The lowest BCUT2D eigenvalue weighted by molar-refractivity contribution is -0.122. The number of morpholine rings is 1. The van der Waals surface area contributed by atoms with E-state index in [9.17, 15) is 4.79 Å².